The summed E-state index contributed by atoms with van der Waals surface area (Å²) in [5.74, 6) is 0.613. The zero-order valence-corrected chi connectivity index (χ0v) is 17.3. The number of benzene rings is 2. The molecular weight excluding hydrogens is 409 g/mol. The summed E-state index contributed by atoms with van der Waals surface area (Å²) in [4.78, 5) is 7.32. The lowest BCUT2D eigenvalue weighted by Crippen LogP contribution is -2.39. The van der Waals surface area contributed by atoms with Gasteiger partial charge in [-0.1, -0.05) is 6.07 Å². The molecule has 0 aliphatic rings. The SMILES string of the molecule is CN=C(NCCc1ccc(OC)c(OC(F)F)c1)NCCc1c[nH]c2ccc(F)cc12. The highest BCUT2D eigenvalue weighted by atomic mass is 19.3. The number of H-pyrrole nitrogens is 1. The van der Waals surface area contributed by atoms with Crippen LogP contribution < -0.4 is 20.1 Å². The van der Waals surface area contributed by atoms with E-state index in [1.54, 1.807) is 31.3 Å². The molecule has 0 amide bonds. The number of aliphatic imine (C=N–C) groups is 1. The second kappa shape index (κ2) is 10.6. The molecule has 166 valence electrons. The third-order valence-electron chi connectivity index (χ3n) is 4.79. The van der Waals surface area contributed by atoms with Gasteiger partial charge in [0.2, 0.25) is 0 Å². The average Bonchev–Trinajstić information content (AvgIpc) is 3.14. The van der Waals surface area contributed by atoms with Crippen molar-refractivity contribution in [1.82, 2.24) is 15.6 Å². The Morgan fingerprint density at radius 1 is 1.06 bits per heavy atom. The predicted octanol–water partition coefficient (Wildman–Crippen LogP) is 3.87. The molecule has 0 aliphatic heterocycles. The minimum Gasteiger partial charge on any atom is -0.493 e. The largest absolute Gasteiger partial charge is 0.493 e. The van der Waals surface area contributed by atoms with Crippen LogP contribution in [0.4, 0.5) is 13.2 Å². The number of methoxy groups -OCH3 is 1. The van der Waals surface area contributed by atoms with Crippen LogP contribution in [0.15, 0.2) is 47.6 Å². The number of halogens is 3. The van der Waals surface area contributed by atoms with Crippen molar-refractivity contribution >= 4 is 16.9 Å². The molecule has 9 heteroatoms. The van der Waals surface area contributed by atoms with Crippen LogP contribution in [0, 0.1) is 5.82 Å². The zero-order chi connectivity index (χ0) is 22.2. The van der Waals surface area contributed by atoms with E-state index < -0.39 is 6.61 Å². The van der Waals surface area contributed by atoms with Gasteiger partial charge in [-0.25, -0.2) is 4.39 Å². The van der Waals surface area contributed by atoms with E-state index in [1.165, 1.54) is 19.2 Å². The van der Waals surface area contributed by atoms with Gasteiger partial charge >= 0.3 is 6.61 Å². The summed E-state index contributed by atoms with van der Waals surface area (Å²) in [6, 6.07) is 9.61. The van der Waals surface area contributed by atoms with Gasteiger partial charge in [0.15, 0.2) is 17.5 Å². The smallest absolute Gasteiger partial charge is 0.387 e. The average molecular weight is 434 g/mol. The van der Waals surface area contributed by atoms with Crippen LogP contribution in [0.25, 0.3) is 10.9 Å². The number of aromatic amines is 1. The van der Waals surface area contributed by atoms with Crippen LogP contribution in [-0.2, 0) is 12.8 Å². The van der Waals surface area contributed by atoms with Crippen molar-refractivity contribution < 1.29 is 22.6 Å². The van der Waals surface area contributed by atoms with Gasteiger partial charge in [-0.15, -0.1) is 0 Å². The van der Waals surface area contributed by atoms with Gasteiger partial charge in [0, 0.05) is 37.2 Å². The van der Waals surface area contributed by atoms with Crippen LogP contribution in [0.1, 0.15) is 11.1 Å². The summed E-state index contributed by atoms with van der Waals surface area (Å²) in [6.45, 7) is -1.77. The van der Waals surface area contributed by atoms with Crippen molar-refractivity contribution in [2.24, 2.45) is 4.99 Å². The molecule has 6 nitrogen and oxygen atoms in total. The van der Waals surface area contributed by atoms with E-state index in [1.807, 2.05) is 6.20 Å². The number of nitrogens with zero attached hydrogens (tertiary/aromatic N) is 1. The minimum absolute atomic E-state index is 0.00710. The molecule has 0 bridgehead atoms. The van der Waals surface area contributed by atoms with Crippen molar-refractivity contribution in [3.8, 4) is 11.5 Å². The third-order valence-corrected chi connectivity index (χ3v) is 4.79. The number of rotatable bonds is 9. The fourth-order valence-corrected chi connectivity index (χ4v) is 3.28. The van der Waals surface area contributed by atoms with Gasteiger partial charge in [0.05, 0.1) is 7.11 Å². The van der Waals surface area contributed by atoms with E-state index in [4.69, 9.17) is 4.74 Å². The van der Waals surface area contributed by atoms with Gasteiger partial charge in [-0.2, -0.15) is 8.78 Å². The molecule has 1 heterocycles. The molecule has 3 rings (SSSR count). The van der Waals surface area contributed by atoms with E-state index in [-0.39, 0.29) is 17.3 Å². The third kappa shape index (κ3) is 6.07. The Labute approximate surface area is 178 Å². The molecule has 1 aromatic heterocycles. The monoisotopic (exact) mass is 434 g/mol. The van der Waals surface area contributed by atoms with Crippen LogP contribution >= 0.6 is 0 Å². The minimum atomic E-state index is -2.92. The zero-order valence-electron chi connectivity index (χ0n) is 17.3. The first-order valence-corrected chi connectivity index (χ1v) is 9.82. The Morgan fingerprint density at radius 2 is 1.84 bits per heavy atom. The molecule has 0 saturated carbocycles. The normalized spacial score (nSPS) is 11.7. The molecule has 31 heavy (non-hydrogen) atoms. The summed E-state index contributed by atoms with van der Waals surface area (Å²) < 4.78 is 48.2. The van der Waals surface area contributed by atoms with Crippen LogP contribution in [0.3, 0.4) is 0 Å². The maximum absolute atomic E-state index is 13.5. The van der Waals surface area contributed by atoms with E-state index >= 15 is 0 Å². The lowest BCUT2D eigenvalue weighted by atomic mass is 10.1. The number of ether oxygens (including phenoxy) is 2. The molecule has 0 fully saturated rings. The maximum Gasteiger partial charge on any atom is 0.387 e. The van der Waals surface area contributed by atoms with Gasteiger partial charge in [0.25, 0.3) is 0 Å². The van der Waals surface area contributed by atoms with Crippen LogP contribution in [0.5, 0.6) is 11.5 Å². The second-order valence-electron chi connectivity index (χ2n) is 6.79. The molecule has 3 N–H and O–H groups in total. The Morgan fingerprint density at radius 3 is 2.55 bits per heavy atom. The lowest BCUT2D eigenvalue weighted by Gasteiger charge is -2.13. The van der Waals surface area contributed by atoms with Gasteiger partial charge in [0.1, 0.15) is 5.82 Å². The molecule has 0 unspecified atom stereocenters. The second-order valence-corrected chi connectivity index (χ2v) is 6.79. The number of fused-ring (bicyclic) bond motifs is 1. The van der Waals surface area contributed by atoms with E-state index in [0.717, 1.165) is 22.0 Å². The number of aromatic nitrogens is 1. The number of guanidine groups is 1. The highest BCUT2D eigenvalue weighted by Crippen LogP contribution is 2.29. The lowest BCUT2D eigenvalue weighted by molar-refractivity contribution is -0.0512. The predicted molar refractivity (Wildman–Crippen MR) is 115 cm³/mol. The fourth-order valence-electron chi connectivity index (χ4n) is 3.28. The Kier molecular flexibility index (Phi) is 7.64. The van der Waals surface area contributed by atoms with Gasteiger partial charge in [-0.05, 0) is 54.3 Å². The number of nitrogens with one attached hydrogen (secondary N) is 3. The molecular formula is C22H25F3N4O2. The molecule has 0 spiro atoms. The highest BCUT2D eigenvalue weighted by Gasteiger charge is 2.11. The highest BCUT2D eigenvalue weighted by molar-refractivity contribution is 5.83. The first-order chi connectivity index (χ1) is 15.0. The number of alkyl halides is 2. The molecule has 0 aliphatic carbocycles. The standard InChI is InChI=1S/C22H25F3N4O2/c1-26-22(28-10-8-15-13-29-18-5-4-16(23)12-17(15)18)27-9-7-14-3-6-19(30-2)20(11-14)31-21(24)25/h3-6,11-13,21,29H,7-10H2,1-2H3,(H2,26,27,28). The molecule has 2 aromatic carbocycles. The van der Waals surface area contributed by atoms with E-state index in [0.29, 0.717) is 31.9 Å². The summed E-state index contributed by atoms with van der Waals surface area (Å²) in [5, 5.41) is 7.27. The number of hydrogen-bond donors (Lipinski definition) is 3. The Bertz CT molecular complexity index is 1040. The van der Waals surface area contributed by atoms with Gasteiger partial charge < -0.3 is 25.1 Å². The number of hydrogen-bond acceptors (Lipinski definition) is 3. The van der Waals surface area contributed by atoms with Crippen LogP contribution in [0.2, 0.25) is 0 Å². The van der Waals surface area contributed by atoms with Crippen molar-refractivity contribution in [1.29, 1.82) is 0 Å². The van der Waals surface area contributed by atoms with Crippen molar-refractivity contribution in [2.45, 2.75) is 19.5 Å². The van der Waals surface area contributed by atoms with Crippen LogP contribution in [-0.4, -0.2) is 44.8 Å². The molecule has 0 saturated heterocycles. The van der Waals surface area contributed by atoms with E-state index in [2.05, 4.69) is 25.3 Å². The molecule has 0 radical (unpaired) electrons. The first-order valence-electron chi connectivity index (χ1n) is 9.82. The fraction of sp³-hybridized carbons (Fsp3) is 0.318. The van der Waals surface area contributed by atoms with E-state index in [9.17, 15) is 13.2 Å². The maximum atomic E-state index is 13.5. The van der Waals surface area contributed by atoms with Gasteiger partial charge in [-0.3, -0.25) is 4.99 Å². The summed E-state index contributed by atoms with van der Waals surface area (Å²) in [6.07, 6.45) is 3.15. The Hall–Kier alpha value is -3.36. The quantitative estimate of drug-likeness (QED) is 0.353. The van der Waals surface area contributed by atoms with Crippen molar-refractivity contribution in [3.05, 3.63) is 59.5 Å². The first kappa shape index (κ1) is 22.3. The summed E-state index contributed by atoms with van der Waals surface area (Å²) in [5.41, 5.74) is 2.73. The molecule has 3 aromatic rings. The molecule has 0 atom stereocenters. The van der Waals surface area contributed by atoms with Crippen molar-refractivity contribution in [2.75, 3.05) is 27.2 Å². The van der Waals surface area contributed by atoms with Crippen molar-refractivity contribution in [3.63, 3.8) is 0 Å². The summed E-state index contributed by atoms with van der Waals surface area (Å²) in [7, 11) is 3.07. The summed E-state index contributed by atoms with van der Waals surface area (Å²) >= 11 is 0. The Balaban J connectivity index is 1.49. The topological polar surface area (TPSA) is 70.7 Å².